The summed E-state index contributed by atoms with van der Waals surface area (Å²) in [4.78, 5) is 17.5. The minimum absolute atomic E-state index is 0. The summed E-state index contributed by atoms with van der Waals surface area (Å²) in [6, 6.07) is 21.5. The van der Waals surface area contributed by atoms with Gasteiger partial charge in [-0.05, 0) is 131 Å². The summed E-state index contributed by atoms with van der Waals surface area (Å²) in [7, 11) is 0. The molecule has 5 heterocycles. The first-order valence-corrected chi connectivity index (χ1v) is 21.4. The lowest BCUT2D eigenvalue weighted by molar-refractivity contribution is 0.109. The Balaban J connectivity index is 0.000000192. The minimum Gasteiger partial charge on any atom is -0.376 e. The molecule has 1 aromatic carbocycles. The molecule has 0 atom stereocenters. The van der Waals surface area contributed by atoms with Gasteiger partial charge >= 0.3 is 0 Å². The van der Waals surface area contributed by atoms with Gasteiger partial charge in [-0.15, -0.1) is 0 Å². The number of fused-ring (bicyclic) bond motifs is 3. The van der Waals surface area contributed by atoms with E-state index in [1.807, 2.05) is 30.7 Å². The first kappa shape index (κ1) is 47.2. The highest BCUT2D eigenvalue weighted by molar-refractivity contribution is 5.31. The van der Waals surface area contributed by atoms with Gasteiger partial charge in [0.15, 0.2) is 0 Å². The van der Waals surface area contributed by atoms with Crippen molar-refractivity contribution in [3.05, 3.63) is 153 Å². The number of hydrogen-bond acceptors (Lipinski definition) is 5. The fraction of sp³-hybridized carbons (Fsp3) is 0.500. The highest BCUT2D eigenvalue weighted by atomic mass is 16.5. The van der Waals surface area contributed by atoms with E-state index in [0.717, 1.165) is 19.6 Å². The SMILES string of the molecule is C.CC(C)c1ccccc1.CC(C)c1cccnc1.CC(C)c1cnc2c(c1)CCC2.CC(C)c1cnc2c(c1)CCCC2.CC(C)c1cnc2c(c1)COCC2. The van der Waals surface area contributed by atoms with Gasteiger partial charge in [0.2, 0.25) is 0 Å². The van der Waals surface area contributed by atoms with Gasteiger partial charge < -0.3 is 4.74 Å². The first-order chi connectivity index (χ1) is 26.9. The van der Waals surface area contributed by atoms with Gasteiger partial charge in [-0.25, -0.2) is 0 Å². The Hall–Kier alpha value is -4.22. The van der Waals surface area contributed by atoms with Gasteiger partial charge in [0.1, 0.15) is 0 Å². The lowest BCUT2D eigenvalue weighted by Crippen LogP contribution is -2.12. The summed E-state index contributed by atoms with van der Waals surface area (Å²) in [5.41, 5.74) is 15.0. The van der Waals surface area contributed by atoms with Crippen molar-refractivity contribution in [1.82, 2.24) is 19.9 Å². The van der Waals surface area contributed by atoms with Crippen molar-refractivity contribution in [2.45, 2.75) is 164 Å². The zero-order valence-corrected chi connectivity index (χ0v) is 36.3. The van der Waals surface area contributed by atoms with E-state index in [1.165, 1.54) is 107 Å². The highest BCUT2D eigenvalue weighted by Crippen LogP contribution is 2.25. The van der Waals surface area contributed by atoms with Crippen molar-refractivity contribution in [1.29, 1.82) is 0 Å². The number of pyridine rings is 4. The fourth-order valence-electron chi connectivity index (χ4n) is 6.81. The predicted octanol–water partition coefficient (Wildman–Crippen LogP) is 13.7. The van der Waals surface area contributed by atoms with Crippen molar-refractivity contribution in [3.8, 4) is 0 Å². The molecule has 0 amide bonds. The topological polar surface area (TPSA) is 60.8 Å². The van der Waals surface area contributed by atoms with Crippen LogP contribution in [0, 0.1) is 0 Å². The number of ether oxygens (including phenoxy) is 1. The summed E-state index contributed by atoms with van der Waals surface area (Å²) >= 11 is 0. The summed E-state index contributed by atoms with van der Waals surface area (Å²) in [6.07, 6.45) is 19.6. The molecule has 2 aliphatic carbocycles. The monoisotopic (exact) mass is 771 g/mol. The third kappa shape index (κ3) is 15.6. The van der Waals surface area contributed by atoms with E-state index in [-0.39, 0.29) is 7.43 Å². The molecule has 5 nitrogen and oxygen atoms in total. The molecule has 57 heavy (non-hydrogen) atoms. The number of aryl methyl sites for hydroxylation is 4. The maximum atomic E-state index is 5.39. The second kappa shape index (κ2) is 24.5. The van der Waals surface area contributed by atoms with Crippen LogP contribution in [0.3, 0.4) is 0 Å². The molecule has 0 N–H and O–H groups in total. The Morgan fingerprint density at radius 3 is 1.33 bits per heavy atom. The van der Waals surface area contributed by atoms with Crippen molar-refractivity contribution in [3.63, 3.8) is 0 Å². The molecule has 5 aromatic rings. The Morgan fingerprint density at radius 1 is 0.439 bits per heavy atom. The van der Waals surface area contributed by atoms with Gasteiger partial charge in [-0.1, -0.05) is 125 Å². The summed E-state index contributed by atoms with van der Waals surface area (Å²) in [5.74, 6) is 3.03. The molecule has 0 bridgehead atoms. The quantitative estimate of drug-likeness (QED) is 0.178. The third-order valence-electron chi connectivity index (χ3n) is 10.8. The van der Waals surface area contributed by atoms with Gasteiger partial charge in [-0.3, -0.25) is 19.9 Å². The van der Waals surface area contributed by atoms with E-state index in [0.29, 0.717) is 29.6 Å². The second-order valence-electron chi connectivity index (χ2n) is 17.0. The molecule has 0 radical (unpaired) electrons. The van der Waals surface area contributed by atoms with E-state index in [1.54, 1.807) is 6.20 Å². The molecule has 0 unspecified atom stereocenters. The largest absolute Gasteiger partial charge is 0.376 e. The molecule has 0 saturated carbocycles. The van der Waals surface area contributed by atoms with Crippen LogP contribution < -0.4 is 0 Å². The van der Waals surface area contributed by atoms with Crippen molar-refractivity contribution < 1.29 is 4.74 Å². The number of hydrogen-bond donors (Lipinski definition) is 0. The Morgan fingerprint density at radius 2 is 0.877 bits per heavy atom. The maximum absolute atomic E-state index is 5.39. The third-order valence-corrected chi connectivity index (χ3v) is 10.8. The summed E-state index contributed by atoms with van der Waals surface area (Å²) < 4.78 is 5.39. The van der Waals surface area contributed by atoms with Crippen LogP contribution in [0.5, 0.6) is 0 Å². The summed E-state index contributed by atoms with van der Waals surface area (Å²) in [5, 5.41) is 0. The molecule has 0 saturated heterocycles. The molecule has 1 aliphatic heterocycles. The van der Waals surface area contributed by atoms with Crippen LogP contribution in [-0.4, -0.2) is 26.5 Å². The highest BCUT2D eigenvalue weighted by Gasteiger charge is 2.14. The maximum Gasteiger partial charge on any atom is 0.0734 e. The molecule has 0 spiro atoms. The Kier molecular flexibility index (Phi) is 20.3. The van der Waals surface area contributed by atoms with Gasteiger partial charge in [0.05, 0.1) is 13.2 Å². The smallest absolute Gasteiger partial charge is 0.0734 e. The van der Waals surface area contributed by atoms with Crippen molar-refractivity contribution in [2.75, 3.05) is 6.61 Å². The molecular formula is C52H74N4O. The van der Waals surface area contributed by atoms with E-state index >= 15 is 0 Å². The van der Waals surface area contributed by atoms with Crippen LogP contribution >= 0.6 is 0 Å². The molecule has 4 aromatic heterocycles. The van der Waals surface area contributed by atoms with Crippen LogP contribution in [-0.2, 0) is 43.4 Å². The van der Waals surface area contributed by atoms with Gasteiger partial charge in [0, 0.05) is 54.5 Å². The average molecular weight is 771 g/mol. The minimum atomic E-state index is 0. The van der Waals surface area contributed by atoms with E-state index in [9.17, 15) is 0 Å². The normalized spacial score (nSPS) is 13.7. The average Bonchev–Trinajstić information content (AvgIpc) is 3.70. The van der Waals surface area contributed by atoms with Crippen LogP contribution in [0.1, 0.15) is 187 Å². The second-order valence-corrected chi connectivity index (χ2v) is 17.0. The number of aromatic nitrogens is 4. The van der Waals surface area contributed by atoms with E-state index < -0.39 is 0 Å². The number of benzene rings is 1. The lowest BCUT2D eigenvalue weighted by Gasteiger charge is -2.17. The van der Waals surface area contributed by atoms with Crippen LogP contribution in [0.4, 0.5) is 0 Å². The number of rotatable bonds is 5. The van der Waals surface area contributed by atoms with Crippen molar-refractivity contribution in [2.24, 2.45) is 0 Å². The lowest BCUT2D eigenvalue weighted by atomic mass is 9.93. The first-order valence-electron chi connectivity index (χ1n) is 21.4. The standard InChI is InChI=1S/C12H17N.C11H15NO.C11H15N.C9H12.C8H11N.CH4/c1-9(2)11-7-10-5-3-4-6-12(10)13-8-11;1-8(2)9-5-10-7-13-4-3-11(10)12-6-9;1-8(2)10-6-9-4-3-5-11(9)12-7-10;1-8(2)9-6-4-3-5-7-9;1-7(2)8-4-3-5-9-6-8;/h7-9H,3-6H2,1-2H3;5-6,8H,3-4,7H2,1-2H3;6-8H,3-5H2,1-2H3;3-8H,1-2H3;3-7H,1-2H3;1H4. The predicted molar refractivity (Wildman–Crippen MR) is 243 cm³/mol. The fourth-order valence-corrected chi connectivity index (χ4v) is 6.81. The number of nitrogens with zero attached hydrogens (tertiary/aromatic N) is 4. The van der Waals surface area contributed by atoms with Crippen LogP contribution in [0.15, 0.2) is 91.6 Å². The Labute approximate surface area is 347 Å². The summed E-state index contributed by atoms with van der Waals surface area (Å²) in [6.45, 7) is 23.6. The van der Waals surface area contributed by atoms with Gasteiger partial charge in [-0.2, -0.15) is 0 Å². The molecule has 8 rings (SSSR count). The van der Waals surface area contributed by atoms with Crippen molar-refractivity contribution >= 4 is 0 Å². The molecule has 5 heteroatoms. The molecular weight excluding hydrogens is 697 g/mol. The van der Waals surface area contributed by atoms with E-state index in [4.69, 9.17) is 4.74 Å². The zero-order chi connectivity index (χ0) is 40.5. The molecule has 0 fully saturated rings. The van der Waals surface area contributed by atoms with Crippen LogP contribution in [0.25, 0.3) is 0 Å². The van der Waals surface area contributed by atoms with Gasteiger partial charge in [0.25, 0.3) is 0 Å². The van der Waals surface area contributed by atoms with E-state index in [2.05, 4.69) is 144 Å². The Bertz CT molecular complexity index is 1760. The van der Waals surface area contributed by atoms with Crippen LogP contribution in [0.2, 0.25) is 0 Å². The molecule has 308 valence electrons. The zero-order valence-electron chi connectivity index (χ0n) is 36.3. The molecule has 3 aliphatic rings.